The lowest BCUT2D eigenvalue weighted by Crippen LogP contribution is -2.44. The molecule has 2 bridgehead atoms. The fourth-order valence-electron chi connectivity index (χ4n) is 6.04. The Morgan fingerprint density at radius 3 is 2.63 bits per heavy atom. The van der Waals surface area contributed by atoms with Crippen molar-refractivity contribution in [3.05, 3.63) is 71.3 Å². The van der Waals surface area contributed by atoms with E-state index in [1.54, 1.807) is 28.6 Å². The van der Waals surface area contributed by atoms with Crippen molar-refractivity contribution >= 4 is 17.4 Å². The Morgan fingerprint density at radius 1 is 1.08 bits per heavy atom. The van der Waals surface area contributed by atoms with Crippen LogP contribution in [0.5, 0.6) is 5.75 Å². The summed E-state index contributed by atoms with van der Waals surface area (Å²) in [4.78, 5) is 26.3. The van der Waals surface area contributed by atoms with Gasteiger partial charge in [0, 0.05) is 80.0 Å². The largest absolute Gasteiger partial charge is 0.434 e. The van der Waals surface area contributed by atoms with Gasteiger partial charge in [-0.15, -0.1) is 0 Å². The standard InChI is InChI=1S/C27H25F2N7O2/c1-34-20-12-18(22-17(25(34)37)3-2-4-21(22)38-26(28)29)23-19-11-15(5-8-36(19)33-24(20)23)16-13-31-27(32-14-16)35-9-6-30-7-10-35/h2-5,8,11,13-14,18,20,26,30H,6-7,9-10,12H2,1H3/t18-,20-/m1/s1. The number of ether oxygens (including phenoxy) is 1. The van der Waals surface area contributed by atoms with Crippen LogP contribution in [0.15, 0.2) is 48.9 Å². The molecule has 1 fully saturated rings. The van der Waals surface area contributed by atoms with Crippen LogP contribution in [-0.2, 0) is 0 Å². The predicted molar refractivity (Wildman–Crippen MR) is 136 cm³/mol. The van der Waals surface area contributed by atoms with E-state index in [-0.39, 0.29) is 23.6 Å². The number of aromatic nitrogens is 4. The summed E-state index contributed by atoms with van der Waals surface area (Å²) in [5.41, 5.74) is 5.25. The highest BCUT2D eigenvalue weighted by Gasteiger charge is 2.46. The number of anilines is 1. The molecule has 7 rings (SSSR count). The summed E-state index contributed by atoms with van der Waals surface area (Å²) in [6.45, 7) is 0.555. The molecule has 1 aromatic carbocycles. The highest BCUT2D eigenvalue weighted by molar-refractivity contribution is 5.98. The molecule has 1 N–H and O–H groups in total. The minimum Gasteiger partial charge on any atom is -0.434 e. The first-order chi connectivity index (χ1) is 18.5. The predicted octanol–water partition coefficient (Wildman–Crippen LogP) is 3.46. The van der Waals surface area contributed by atoms with Crippen LogP contribution >= 0.6 is 0 Å². The molecule has 0 saturated carbocycles. The summed E-state index contributed by atoms with van der Waals surface area (Å²) < 4.78 is 33.4. The van der Waals surface area contributed by atoms with E-state index in [1.165, 1.54) is 6.07 Å². The first kappa shape index (κ1) is 23.0. The van der Waals surface area contributed by atoms with E-state index >= 15 is 0 Å². The SMILES string of the molecule is CN1C(=O)c2cccc(OC(F)F)c2[C@H]2C[C@@H]1c1nn3ccc(-c4cnc(N5CCNCC5)nc4)cc3c12. The molecule has 2 aliphatic heterocycles. The number of carbonyl (C=O) groups excluding carboxylic acids is 1. The number of nitrogens with one attached hydrogen (secondary N) is 1. The first-order valence-corrected chi connectivity index (χ1v) is 12.6. The van der Waals surface area contributed by atoms with E-state index in [1.807, 2.05) is 30.7 Å². The van der Waals surface area contributed by atoms with Crippen LogP contribution < -0.4 is 15.0 Å². The number of benzene rings is 1. The number of fused-ring (bicyclic) bond motifs is 9. The number of carbonyl (C=O) groups is 1. The van der Waals surface area contributed by atoms with Crippen molar-refractivity contribution in [2.45, 2.75) is 25.0 Å². The molecule has 11 heteroatoms. The molecule has 2 atom stereocenters. The van der Waals surface area contributed by atoms with Crippen molar-refractivity contribution in [3.8, 4) is 16.9 Å². The lowest BCUT2D eigenvalue weighted by Gasteiger charge is -2.27. The van der Waals surface area contributed by atoms with E-state index in [0.717, 1.165) is 54.1 Å². The third kappa shape index (κ3) is 3.52. The summed E-state index contributed by atoms with van der Waals surface area (Å²) in [5, 5.41) is 8.15. The first-order valence-electron chi connectivity index (χ1n) is 12.6. The number of alkyl halides is 2. The zero-order chi connectivity index (χ0) is 26.0. The third-order valence-electron chi connectivity index (χ3n) is 7.85. The average Bonchev–Trinajstić information content (AvgIpc) is 3.46. The van der Waals surface area contributed by atoms with E-state index in [0.29, 0.717) is 23.5 Å². The number of rotatable bonds is 4. The maximum Gasteiger partial charge on any atom is 0.387 e. The normalized spacial score (nSPS) is 20.6. The fraction of sp³-hybridized carbons (Fsp3) is 0.333. The van der Waals surface area contributed by atoms with Gasteiger partial charge in [-0.1, -0.05) is 6.07 Å². The van der Waals surface area contributed by atoms with E-state index in [2.05, 4.69) is 20.2 Å². The number of halogens is 2. The zero-order valence-corrected chi connectivity index (χ0v) is 20.6. The second kappa shape index (κ2) is 8.73. The molecular formula is C27H25F2N7O2. The smallest absolute Gasteiger partial charge is 0.387 e. The average molecular weight is 518 g/mol. The molecule has 38 heavy (non-hydrogen) atoms. The topological polar surface area (TPSA) is 87.9 Å². The molecule has 4 aromatic rings. The second-order valence-electron chi connectivity index (χ2n) is 9.87. The number of piperazine rings is 1. The lowest BCUT2D eigenvalue weighted by molar-refractivity contribution is -0.0505. The molecular weight excluding hydrogens is 492 g/mol. The second-order valence-corrected chi connectivity index (χ2v) is 9.87. The molecule has 194 valence electrons. The van der Waals surface area contributed by atoms with Crippen molar-refractivity contribution in [1.82, 2.24) is 29.8 Å². The van der Waals surface area contributed by atoms with Gasteiger partial charge in [-0.05, 0) is 36.2 Å². The van der Waals surface area contributed by atoms with Crippen LogP contribution in [0, 0.1) is 0 Å². The summed E-state index contributed by atoms with van der Waals surface area (Å²) >= 11 is 0. The van der Waals surface area contributed by atoms with Crippen molar-refractivity contribution < 1.29 is 18.3 Å². The van der Waals surface area contributed by atoms with Crippen molar-refractivity contribution in [2.75, 3.05) is 38.1 Å². The van der Waals surface area contributed by atoms with Crippen LogP contribution in [0.3, 0.4) is 0 Å². The Kier molecular flexibility index (Phi) is 5.29. The van der Waals surface area contributed by atoms with Crippen LogP contribution in [-0.4, -0.2) is 70.2 Å². The molecule has 1 aliphatic carbocycles. The Hall–Kier alpha value is -4.12. The highest BCUT2D eigenvalue weighted by atomic mass is 19.3. The van der Waals surface area contributed by atoms with E-state index in [4.69, 9.17) is 9.84 Å². The summed E-state index contributed by atoms with van der Waals surface area (Å²) in [7, 11) is 1.74. The zero-order valence-electron chi connectivity index (χ0n) is 20.6. The number of hydrogen-bond donors (Lipinski definition) is 1. The molecule has 0 unspecified atom stereocenters. The molecule has 0 spiro atoms. The number of hydrogen-bond acceptors (Lipinski definition) is 7. The van der Waals surface area contributed by atoms with Crippen molar-refractivity contribution in [1.29, 1.82) is 0 Å². The molecule has 9 nitrogen and oxygen atoms in total. The van der Waals surface area contributed by atoms with Crippen molar-refractivity contribution in [2.24, 2.45) is 0 Å². The van der Waals surface area contributed by atoms with Crippen LogP contribution in [0.4, 0.5) is 14.7 Å². The molecule has 1 saturated heterocycles. The molecule has 0 radical (unpaired) electrons. The Labute approximate surface area is 217 Å². The summed E-state index contributed by atoms with van der Waals surface area (Å²) in [6.07, 6.45) is 6.09. The van der Waals surface area contributed by atoms with Gasteiger partial charge in [0.05, 0.1) is 17.3 Å². The fourth-order valence-corrected chi connectivity index (χ4v) is 6.04. The highest BCUT2D eigenvalue weighted by Crippen LogP contribution is 2.53. The Morgan fingerprint density at radius 2 is 1.87 bits per heavy atom. The van der Waals surface area contributed by atoms with Gasteiger partial charge in [-0.3, -0.25) is 4.79 Å². The number of nitrogens with zero attached hydrogens (tertiary/aromatic N) is 6. The number of pyridine rings is 1. The quantitative estimate of drug-likeness (QED) is 0.444. The molecule has 1 amide bonds. The maximum atomic E-state index is 13.3. The van der Waals surface area contributed by atoms with Gasteiger partial charge >= 0.3 is 6.61 Å². The van der Waals surface area contributed by atoms with Crippen LogP contribution in [0.25, 0.3) is 16.6 Å². The van der Waals surface area contributed by atoms with E-state index < -0.39 is 6.61 Å². The van der Waals surface area contributed by atoms with Gasteiger partial charge in [0.25, 0.3) is 5.91 Å². The Bertz CT molecular complexity index is 1550. The van der Waals surface area contributed by atoms with Crippen LogP contribution in [0.1, 0.15) is 45.6 Å². The van der Waals surface area contributed by atoms with Gasteiger partial charge < -0.3 is 19.9 Å². The lowest BCUT2D eigenvalue weighted by atomic mass is 9.88. The maximum absolute atomic E-state index is 13.3. The summed E-state index contributed by atoms with van der Waals surface area (Å²) in [5.74, 6) is 0.206. The van der Waals surface area contributed by atoms with Gasteiger partial charge in [0.1, 0.15) is 5.75 Å². The minimum absolute atomic E-state index is 0.0326. The number of amides is 1. The van der Waals surface area contributed by atoms with Gasteiger partial charge in [-0.2, -0.15) is 13.9 Å². The minimum atomic E-state index is -2.99. The molecule has 3 aliphatic rings. The van der Waals surface area contributed by atoms with Gasteiger partial charge in [0.2, 0.25) is 5.95 Å². The van der Waals surface area contributed by atoms with E-state index in [9.17, 15) is 13.6 Å². The Balaban J connectivity index is 1.33. The van der Waals surface area contributed by atoms with Crippen LogP contribution in [0.2, 0.25) is 0 Å². The monoisotopic (exact) mass is 517 g/mol. The summed E-state index contributed by atoms with van der Waals surface area (Å²) in [6, 6.07) is 8.49. The van der Waals surface area contributed by atoms with Crippen molar-refractivity contribution in [3.63, 3.8) is 0 Å². The molecule has 3 aromatic heterocycles. The molecule has 5 heterocycles. The van der Waals surface area contributed by atoms with Gasteiger partial charge in [0.15, 0.2) is 0 Å². The third-order valence-corrected chi connectivity index (χ3v) is 7.85. The van der Waals surface area contributed by atoms with Gasteiger partial charge in [-0.25, -0.2) is 14.5 Å².